The predicted octanol–water partition coefficient (Wildman–Crippen LogP) is 5.56. The van der Waals surface area contributed by atoms with Crippen LogP contribution in [0.1, 0.15) is 32.6 Å². The first-order chi connectivity index (χ1) is 15.1. The minimum Gasteiger partial charge on any atom is -0.489 e. The fraction of sp³-hybridized carbons (Fsp3) is 0.115. The summed E-state index contributed by atoms with van der Waals surface area (Å²) in [4.78, 5) is 12.9. The summed E-state index contributed by atoms with van der Waals surface area (Å²) in [5.74, 6) is 2.65. The van der Waals surface area contributed by atoms with Crippen LogP contribution >= 0.6 is 0 Å². The highest BCUT2D eigenvalue weighted by atomic mass is 16.7. The van der Waals surface area contributed by atoms with Gasteiger partial charge in [0.25, 0.3) is 0 Å². The number of aryl methyl sites for hydroxylation is 1. The van der Waals surface area contributed by atoms with E-state index in [1.165, 1.54) is 0 Å². The molecule has 3 aromatic rings. The van der Waals surface area contributed by atoms with Gasteiger partial charge in [-0.2, -0.15) is 0 Å². The van der Waals surface area contributed by atoms with E-state index in [1.54, 1.807) is 18.2 Å². The quantitative estimate of drug-likeness (QED) is 0.514. The second-order valence-corrected chi connectivity index (χ2v) is 7.40. The fourth-order valence-electron chi connectivity index (χ4n) is 3.63. The Hall–Kier alpha value is -3.99. The van der Waals surface area contributed by atoms with Gasteiger partial charge in [-0.05, 0) is 53.5 Å². The molecule has 5 nitrogen and oxygen atoms in total. The standard InChI is InChI=1S/C26H20O5/c1-3-17-4-6-18(7-5-17)14-28-20-10-16(2)25-23(13-20)31-24(26(25)27)12-19-8-9-21-22(11-19)30-15-29-21/h3-13H,1,14-15H2,2H3/b24-12-. The van der Waals surface area contributed by atoms with Crippen LogP contribution in [0.5, 0.6) is 23.0 Å². The molecule has 0 spiro atoms. The molecule has 0 bridgehead atoms. The van der Waals surface area contributed by atoms with Crippen molar-refractivity contribution in [2.24, 2.45) is 0 Å². The van der Waals surface area contributed by atoms with Crippen LogP contribution < -0.4 is 18.9 Å². The summed E-state index contributed by atoms with van der Waals surface area (Å²) in [5, 5.41) is 0. The molecule has 0 aromatic heterocycles. The van der Waals surface area contributed by atoms with Gasteiger partial charge >= 0.3 is 0 Å². The van der Waals surface area contributed by atoms with Gasteiger partial charge in [0.1, 0.15) is 18.1 Å². The van der Waals surface area contributed by atoms with E-state index in [1.807, 2.05) is 55.5 Å². The van der Waals surface area contributed by atoms with Crippen LogP contribution in [-0.4, -0.2) is 12.6 Å². The molecule has 0 N–H and O–H groups in total. The van der Waals surface area contributed by atoms with Crippen LogP contribution in [0.25, 0.3) is 12.2 Å². The topological polar surface area (TPSA) is 54.0 Å². The van der Waals surface area contributed by atoms with Gasteiger partial charge in [0.2, 0.25) is 12.6 Å². The molecule has 0 saturated heterocycles. The molecule has 0 aliphatic carbocycles. The number of carbonyl (C=O) groups excluding carboxylic acids is 1. The zero-order valence-corrected chi connectivity index (χ0v) is 17.0. The van der Waals surface area contributed by atoms with Gasteiger partial charge in [-0.3, -0.25) is 4.79 Å². The van der Waals surface area contributed by atoms with Crippen molar-refractivity contribution in [2.75, 3.05) is 6.79 Å². The molecule has 0 radical (unpaired) electrons. The lowest BCUT2D eigenvalue weighted by Gasteiger charge is -2.09. The average Bonchev–Trinajstić information content (AvgIpc) is 3.37. The Labute approximate surface area is 180 Å². The van der Waals surface area contributed by atoms with E-state index in [4.69, 9.17) is 18.9 Å². The molecule has 2 aliphatic heterocycles. The Balaban J connectivity index is 1.35. The van der Waals surface area contributed by atoms with Crippen LogP contribution in [0.4, 0.5) is 0 Å². The number of hydrogen-bond donors (Lipinski definition) is 0. The maximum absolute atomic E-state index is 12.9. The second-order valence-electron chi connectivity index (χ2n) is 7.40. The Morgan fingerprint density at radius 2 is 1.74 bits per heavy atom. The summed E-state index contributed by atoms with van der Waals surface area (Å²) >= 11 is 0. The monoisotopic (exact) mass is 412 g/mol. The molecular weight excluding hydrogens is 392 g/mol. The van der Waals surface area contributed by atoms with Gasteiger partial charge in [-0.15, -0.1) is 0 Å². The lowest BCUT2D eigenvalue weighted by atomic mass is 10.0. The molecular formula is C26H20O5. The zero-order valence-electron chi connectivity index (χ0n) is 17.0. The van der Waals surface area contributed by atoms with Crippen molar-refractivity contribution in [1.29, 1.82) is 0 Å². The number of rotatable bonds is 5. The molecule has 0 saturated carbocycles. The number of ketones is 1. The number of ether oxygens (including phenoxy) is 4. The molecule has 2 aliphatic rings. The van der Waals surface area contributed by atoms with Crippen LogP contribution in [0, 0.1) is 6.92 Å². The van der Waals surface area contributed by atoms with E-state index in [0.717, 1.165) is 22.3 Å². The van der Waals surface area contributed by atoms with Gasteiger partial charge in [0, 0.05) is 6.07 Å². The van der Waals surface area contributed by atoms with Crippen LogP contribution in [0.3, 0.4) is 0 Å². The number of allylic oxidation sites excluding steroid dienone is 1. The second kappa shape index (κ2) is 7.69. The SMILES string of the molecule is C=Cc1ccc(COc2cc(C)c3c(c2)O/C(=C\c2ccc4c(c2)OCO4)C3=O)cc1. The van der Waals surface area contributed by atoms with E-state index in [-0.39, 0.29) is 18.3 Å². The van der Waals surface area contributed by atoms with E-state index < -0.39 is 0 Å². The smallest absolute Gasteiger partial charge is 0.232 e. The van der Waals surface area contributed by atoms with Gasteiger partial charge in [-0.1, -0.05) is 43.0 Å². The molecule has 2 heterocycles. The van der Waals surface area contributed by atoms with Crippen LogP contribution in [0.15, 0.2) is 66.9 Å². The Bertz CT molecular complexity index is 1220. The molecule has 154 valence electrons. The van der Waals surface area contributed by atoms with Crippen molar-refractivity contribution >= 4 is 17.9 Å². The third-order valence-electron chi connectivity index (χ3n) is 5.26. The fourth-order valence-corrected chi connectivity index (χ4v) is 3.63. The number of carbonyl (C=O) groups is 1. The highest BCUT2D eigenvalue weighted by Crippen LogP contribution is 2.39. The number of fused-ring (bicyclic) bond motifs is 2. The highest BCUT2D eigenvalue weighted by molar-refractivity contribution is 6.15. The summed E-state index contributed by atoms with van der Waals surface area (Å²) in [6.07, 6.45) is 3.52. The van der Waals surface area contributed by atoms with Gasteiger partial charge in [0.15, 0.2) is 17.3 Å². The molecule has 0 unspecified atom stereocenters. The zero-order chi connectivity index (χ0) is 21.4. The molecule has 31 heavy (non-hydrogen) atoms. The van der Waals surface area contributed by atoms with Crippen molar-refractivity contribution in [1.82, 2.24) is 0 Å². The third kappa shape index (κ3) is 3.66. The molecule has 3 aromatic carbocycles. The number of hydrogen-bond acceptors (Lipinski definition) is 5. The first-order valence-electron chi connectivity index (χ1n) is 9.93. The lowest BCUT2D eigenvalue weighted by Crippen LogP contribution is -2.00. The normalized spacial score (nSPS) is 15.0. The van der Waals surface area contributed by atoms with Crippen LogP contribution in [0.2, 0.25) is 0 Å². The Morgan fingerprint density at radius 1 is 0.968 bits per heavy atom. The summed E-state index contributed by atoms with van der Waals surface area (Å²) in [5.41, 5.74) is 4.29. The maximum atomic E-state index is 12.9. The van der Waals surface area contributed by atoms with Crippen molar-refractivity contribution in [3.8, 4) is 23.0 Å². The first kappa shape index (κ1) is 19.0. The largest absolute Gasteiger partial charge is 0.489 e. The van der Waals surface area contributed by atoms with Crippen molar-refractivity contribution in [3.63, 3.8) is 0 Å². The van der Waals surface area contributed by atoms with Crippen molar-refractivity contribution in [2.45, 2.75) is 13.5 Å². The third-order valence-corrected chi connectivity index (χ3v) is 5.26. The molecule has 0 fully saturated rings. The summed E-state index contributed by atoms with van der Waals surface area (Å²) in [6, 6.07) is 17.1. The lowest BCUT2D eigenvalue weighted by molar-refractivity contribution is 0.101. The van der Waals surface area contributed by atoms with Crippen molar-refractivity contribution in [3.05, 3.63) is 94.8 Å². The summed E-state index contributed by atoms with van der Waals surface area (Å²) in [7, 11) is 0. The minimum absolute atomic E-state index is 0.142. The van der Waals surface area contributed by atoms with Gasteiger partial charge < -0.3 is 18.9 Å². The van der Waals surface area contributed by atoms with E-state index in [0.29, 0.717) is 35.2 Å². The number of Topliss-reactive ketones (excluding diaryl/α,β-unsaturated/α-hetero) is 1. The average molecular weight is 412 g/mol. The van der Waals surface area contributed by atoms with E-state index in [9.17, 15) is 4.79 Å². The van der Waals surface area contributed by atoms with Crippen LogP contribution in [-0.2, 0) is 6.61 Å². The summed E-state index contributed by atoms with van der Waals surface area (Å²) in [6.45, 7) is 6.27. The minimum atomic E-state index is -0.142. The Morgan fingerprint density at radius 3 is 2.55 bits per heavy atom. The highest BCUT2D eigenvalue weighted by Gasteiger charge is 2.30. The van der Waals surface area contributed by atoms with Crippen molar-refractivity contribution < 1.29 is 23.7 Å². The predicted molar refractivity (Wildman–Crippen MR) is 118 cm³/mol. The Kier molecular flexibility index (Phi) is 4.71. The van der Waals surface area contributed by atoms with Gasteiger partial charge in [-0.25, -0.2) is 0 Å². The van der Waals surface area contributed by atoms with E-state index in [2.05, 4.69) is 6.58 Å². The number of benzene rings is 3. The van der Waals surface area contributed by atoms with E-state index >= 15 is 0 Å². The van der Waals surface area contributed by atoms with Gasteiger partial charge in [0.05, 0.1) is 5.56 Å². The molecule has 0 atom stereocenters. The first-order valence-corrected chi connectivity index (χ1v) is 9.93. The molecule has 0 amide bonds. The maximum Gasteiger partial charge on any atom is 0.232 e. The summed E-state index contributed by atoms with van der Waals surface area (Å²) < 4.78 is 22.6. The molecule has 5 rings (SSSR count). The molecule has 5 heteroatoms.